The van der Waals surface area contributed by atoms with Crippen molar-refractivity contribution in [3.05, 3.63) is 65.0 Å². The molecule has 2 amide bonds. The van der Waals surface area contributed by atoms with E-state index in [1.54, 1.807) is 29.7 Å². The summed E-state index contributed by atoms with van der Waals surface area (Å²) in [5, 5.41) is 12.6. The fourth-order valence-electron chi connectivity index (χ4n) is 2.42. The van der Waals surface area contributed by atoms with Crippen molar-refractivity contribution in [2.24, 2.45) is 0 Å². The monoisotopic (exact) mass is 370 g/mol. The van der Waals surface area contributed by atoms with Crippen molar-refractivity contribution < 1.29 is 19.5 Å². The van der Waals surface area contributed by atoms with E-state index in [-0.39, 0.29) is 11.9 Å². The lowest BCUT2D eigenvalue weighted by molar-refractivity contribution is 0.0706. The summed E-state index contributed by atoms with van der Waals surface area (Å²) in [4.78, 5) is 24.3. The van der Waals surface area contributed by atoms with E-state index in [4.69, 9.17) is 9.94 Å². The number of thiophene rings is 1. The summed E-state index contributed by atoms with van der Waals surface area (Å²) in [6, 6.07) is 15.9. The topological polar surface area (TPSA) is 87.7 Å². The maximum Gasteiger partial charge on any atom is 0.274 e. The average molecular weight is 370 g/mol. The number of carbonyl (C=O) groups is 2. The number of hydrogen-bond acceptors (Lipinski definition) is 5. The van der Waals surface area contributed by atoms with Gasteiger partial charge in [0.25, 0.3) is 11.8 Å². The van der Waals surface area contributed by atoms with E-state index in [0.29, 0.717) is 22.8 Å². The third-order valence-electron chi connectivity index (χ3n) is 3.74. The summed E-state index contributed by atoms with van der Waals surface area (Å²) in [7, 11) is 0. The van der Waals surface area contributed by atoms with Gasteiger partial charge in [0.15, 0.2) is 0 Å². The molecule has 1 aromatic heterocycles. The molecule has 3 N–H and O–H groups in total. The molecule has 0 aliphatic rings. The van der Waals surface area contributed by atoms with Gasteiger partial charge in [0.05, 0.1) is 10.9 Å². The lowest BCUT2D eigenvalue weighted by Crippen LogP contribution is -2.36. The SMILES string of the molecule is C[C@H](COc1ccc(C(=O)NO)cc1)NC(=O)c1cc2ccccc2s1. The Morgan fingerprint density at radius 3 is 2.54 bits per heavy atom. The van der Waals surface area contributed by atoms with Gasteiger partial charge in [-0.3, -0.25) is 14.8 Å². The summed E-state index contributed by atoms with van der Waals surface area (Å²) < 4.78 is 6.70. The van der Waals surface area contributed by atoms with Crippen LogP contribution in [0.4, 0.5) is 0 Å². The van der Waals surface area contributed by atoms with Gasteiger partial charge in [-0.25, -0.2) is 5.48 Å². The van der Waals surface area contributed by atoms with Crippen LogP contribution in [-0.2, 0) is 0 Å². The molecule has 0 saturated heterocycles. The summed E-state index contributed by atoms with van der Waals surface area (Å²) in [5.74, 6) is -0.139. The Morgan fingerprint density at radius 2 is 1.85 bits per heavy atom. The molecule has 0 spiro atoms. The van der Waals surface area contributed by atoms with E-state index in [0.717, 1.165) is 10.1 Å². The number of rotatable bonds is 6. The molecule has 0 radical (unpaired) electrons. The van der Waals surface area contributed by atoms with Crippen molar-refractivity contribution in [3.63, 3.8) is 0 Å². The van der Waals surface area contributed by atoms with Crippen LogP contribution in [-0.4, -0.2) is 29.7 Å². The molecular weight excluding hydrogens is 352 g/mol. The van der Waals surface area contributed by atoms with Crippen LogP contribution in [0, 0.1) is 0 Å². The fraction of sp³-hybridized carbons (Fsp3) is 0.158. The van der Waals surface area contributed by atoms with Crippen molar-refractivity contribution in [3.8, 4) is 5.75 Å². The van der Waals surface area contributed by atoms with Gasteiger partial charge in [0.1, 0.15) is 12.4 Å². The lowest BCUT2D eigenvalue weighted by atomic mass is 10.2. The number of carbonyl (C=O) groups excluding carboxylic acids is 2. The van der Waals surface area contributed by atoms with Crippen LogP contribution in [0.25, 0.3) is 10.1 Å². The molecule has 2 aromatic carbocycles. The molecule has 0 fully saturated rings. The Bertz CT molecular complexity index is 888. The van der Waals surface area contributed by atoms with Crippen LogP contribution < -0.4 is 15.5 Å². The largest absolute Gasteiger partial charge is 0.491 e. The third-order valence-corrected chi connectivity index (χ3v) is 4.86. The van der Waals surface area contributed by atoms with Crippen molar-refractivity contribution in [1.29, 1.82) is 0 Å². The molecule has 1 atom stereocenters. The molecule has 0 aliphatic heterocycles. The molecule has 26 heavy (non-hydrogen) atoms. The lowest BCUT2D eigenvalue weighted by Gasteiger charge is -2.14. The number of hydroxylamine groups is 1. The first kappa shape index (κ1) is 17.9. The van der Waals surface area contributed by atoms with Gasteiger partial charge in [-0.15, -0.1) is 11.3 Å². The van der Waals surface area contributed by atoms with Crippen molar-refractivity contribution >= 4 is 33.2 Å². The summed E-state index contributed by atoms with van der Waals surface area (Å²) in [5.41, 5.74) is 1.90. The summed E-state index contributed by atoms with van der Waals surface area (Å²) in [6.45, 7) is 2.15. The Balaban J connectivity index is 1.54. The quantitative estimate of drug-likeness (QED) is 0.459. The Kier molecular flexibility index (Phi) is 5.50. The fourth-order valence-corrected chi connectivity index (χ4v) is 3.38. The summed E-state index contributed by atoms with van der Waals surface area (Å²) >= 11 is 1.46. The van der Waals surface area contributed by atoms with E-state index in [1.807, 2.05) is 37.3 Å². The van der Waals surface area contributed by atoms with Gasteiger partial charge >= 0.3 is 0 Å². The van der Waals surface area contributed by atoms with E-state index in [9.17, 15) is 9.59 Å². The van der Waals surface area contributed by atoms with Gasteiger partial charge in [-0.1, -0.05) is 18.2 Å². The van der Waals surface area contributed by atoms with Crippen LogP contribution in [0.1, 0.15) is 27.0 Å². The number of hydrogen-bond donors (Lipinski definition) is 3. The molecule has 3 rings (SSSR count). The maximum absolute atomic E-state index is 12.4. The first-order chi connectivity index (χ1) is 12.6. The number of fused-ring (bicyclic) bond motifs is 1. The standard InChI is InChI=1S/C19H18N2O4S/c1-12(11-25-15-8-6-13(7-9-15)18(22)21-24)20-19(23)17-10-14-4-2-3-5-16(14)26-17/h2-10,12,24H,11H2,1H3,(H,20,23)(H,21,22)/t12-/m1/s1. The zero-order valence-corrected chi connectivity index (χ0v) is 14.9. The molecule has 0 bridgehead atoms. The molecule has 0 unspecified atom stereocenters. The molecule has 7 heteroatoms. The van der Waals surface area contributed by atoms with Crippen LogP contribution in [0.15, 0.2) is 54.6 Å². The van der Waals surface area contributed by atoms with Crippen LogP contribution in [0.3, 0.4) is 0 Å². The normalized spacial score (nSPS) is 11.8. The Morgan fingerprint density at radius 1 is 1.12 bits per heavy atom. The minimum Gasteiger partial charge on any atom is -0.491 e. The zero-order chi connectivity index (χ0) is 18.5. The molecule has 3 aromatic rings. The smallest absolute Gasteiger partial charge is 0.274 e. The van der Waals surface area contributed by atoms with E-state index in [2.05, 4.69) is 5.32 Å². The molecule has 0 aliphatic carbocycles. The van der Waals surface area contributed by atoms with Crippen molar-refractivity contribution in [2.75, 3.05) is 6.61 Å². The van der Waals surface area contributed by atoms with Gasteiger partial charge < -0.3 is 10.1 Å². The van der Waals surface area contributed by atoms with Crippen LogP contribution >= 0.6 is 11.3 Å². The highest BCUT2D eigenvalue weighted by Crippen LogP contribution is 2.25. The first-order valence-corrected chi connectivity index (χ1v) is 8.85. The van der Waals surface area contributed by atoms with E-state index >= 15 is 0 Å². The van der Waals surface area contributed by atoms with E-state index in [1.165, 1.54) is 11.3 Å². The molecule has 1 heterocycles. The molecule has 6 nitrogen and oxygen atoms in total. The van der Waals surface area contributed by atoms with Gasteiger partial charge in [0, 0.05) is 10.3 Å². The zero-order valence-electron chi connectivity index (χ0n) is 14.1. The first-order valence-electron chi connectivity index (χ1n) is 8.03. The summed E-state index contributed by atoms with van der Waals surface area (Å²) in [6.07, 6.45) is 0. The predicted molar refractivity (Wildman–Crippen MR) is 99.9 cm³/mol. The van der Waals surface area contributed by atoms with Crippen LogP contribution in [0.5, 0.6) is 5.75 Å². The number of amides is 2. The van der Waals surface area contributed by atoms with Crippen molar-refractivity contribution in [2.45, 2.75) is 13.0 Å². The van der Waals surface area contributed by atoms with E-state index < -0.39 is 5.91 Å². The second-order valence-electron chi connectivity index (χ2n) is 5.80. The highest BCUT2D eigenvalue weighted by Gasteiger charge is 2.13. The highest BCUT2D eigenvalue weighted by atomic mass is 32.1. The second kappa shape index (κ2) is 7.99. The number of benzene rings is 2. The number of nitrogens with one attached hydrogen (secondary N) is 2. The van der Waals surface area contributed by atoms with Crippen molar-refractivity contribution in [1.82, 2.24) is 10.8 Å². The predicted octanol–water partition coefficient (Wildman–Crippen LogP) is 3.22. The Labute approximate surface area is 154 Å². The van der Waals surface area contributed by atoms with Gasteiger partial charge in [-0.2, -0.15) is 0 Å². The third kappa shape index (κ3) is 4.19. The number of ether oxygens (including phenoxy) is 1. The minimum absolute atomic E-state index is 0.128. The Hall–Kier alpha value is -2.90. The molecular formula is C19H18N2O4S. The average Bonchev–Trinajstić information content (AvgIpc) is 3.10. The van der Waals surface area contributed by atoms with Gasteiger partial charge in [-0.05, 0) is 48.7 Å². The molecule has 0 saturated carbocycles. The van der Waals surface area contributed by atoms with Crippen LogP contribution in [0.2, 0.25) is 0 Å². The highest BCUT2D eigenvalue weighted by molar-refractivity contribution is 7.20. The second-order valence-corrected chi connectivity index (χ2v) is 6.88. The minimum atomic E-state index is -0.583. The molecule has 134 valence electrons. The maximum atomic E-state index is 12.4. The van der Waals surface area contributed by atoms with Gasteiger partial charge in [0.2, 0.25) is 0 Å².